The molecule has 3 rings (SSSR count). The minimum Gasteiger partial charge on any atom is -0.343 e. The number of hydrogen-bond acceptors (Lipinski definition) is 2. The summed E-state index contributed by atoms with van der Waals surface area (Å²) in [6.07, 6.45) is 0.100. The zero-order valence-electron chi connectivity index (χ0n) is 16.1. The number of amides is 1. The van der Waals surface area contributed by atoms with Gasteiger partial charge in [-0.2, -0.15) is 0 Å². The lowest BCUT2D eigenvalue weighted by Crippen LogP contribution is -2.41. The SMILES string of the molecule is [2H]c1c(C)nc2c(C(=O)NC(C)(C)c3ccc(F)cc3)cc([2H])n2c1C. The van der Waals surface area contributed by atoms with Gasteiger partial charge in [0, 0.05) is 17.6 Å². The molecule has 0 saturated carbocycles. The summed E-state index contributed by atoms with van der Waals surface area (Å²) in [7, 11) is 0. The lowest BCUT2D eigenvalue weighted by atomic mass is 9.94. The van der Waals surface area contributed by atoms with E-state index in [9.17, 15) is 9.18 Å². The van der Waals surface area contributed by atoms with E-state index in [4.69, 9.17) is 2.74 Å². The Morgan fingerprint density at radius 1 is 1.25 bits per heavy atom. The molecule has 0 fully saturated rings. The number of aryl methyl sites for hydroxylation is 2. The highest BCUT2D eigenvalue weighted by Crippen LogP contribution is 2.22. The maximum atomic E-state index is 13.2. The average molecular weight is 327 g/mol. The van der Waals surface area contributed by atoms with E-state index in [0.29, 0.717) is 17.0 Å². The molecule has 0 bridgehead atoms. The fourth-order valence-corrected chi connectivity index (χ4v) is 2.70. The molecule has 24 heavy (non-hydrogen) atoms. The van der Waals surface area contributed by atoms with E-state index in [2.05, 4.69) is 10.3 Å². The van der Waals surface area contributed by atoms with Crippen molar-refractivity contribution in [3.05, 3.63) is 70.9 Å². The van der Waals surface area contributed by atoms with Gasteiger partial charge in [-0.05, 0) is 57.5 Å². The molecule has 0 atom stereocenters. The van der Waals surface area contributed by atoms with Crippen molar-refractivity contribution in [2.75, 3.05) is 0 Å². The molecule has 0 unspecified atom stereocenters. The van der Waals surface area contributed by atoms with E-state index in [1.54, 1.807) is 26.0 Å². The average Bonchev–Trinajstić information content (AvgIpc) is 2.89. The van der Waals surface area contributed by atoms with Crippen molar-refractivity contribution in [1.82, 2.24) is 14.7 Å². The van der Waals surface area contributed by atoms with Crippen LogP contribution in [0.5, 0.6) is 0 Å². The van der Waals surface area contributed by atoms with Gasteiger partial charge >= 0.3 is 0 Å². The molecule has 0 saturated heterocycles. The summed E-state index contributed by atoms with van der Waals surface area (Å²) in [6.45, 7) is 7.08. The molecule has 0 radical (unpaired) electrons. The fourth-order valence-electron chi connectivity index (χ4n) is 2.70. The Hall–Kier alpha value is -2.69. The second-order valence-corrected chi connectivity index (χ2v) is 6.34. The Kier molecular flexibility index (Phi) is 3.28. The van der Waals surface area contributed by atoms with E-state index in [1.807, 2.05) is 13.8 Å². The first kappa shape index (κ1) is 13.7. The molecule has 3 aromatic rings. The van der Waals surface area contributed by atoms with Gasteiger partial charge in [-0.3, -0.25) is 4.79 Å². The summed E-state index contributed by atoms with van der Waals surface area (Å²) in [6, 6.07) is 7.65. The number of aromatic nitrogens is 2. The molecule has 1 aromatic carbocycles. The first-order valence-electron chi connectivity index (χ1n) is 8.66. The van der Waals surface area contributed by atoms with Crippen LogP contribution in [0.4, 0.5) is 4.39 Å². The number of nitrogens with zero attached hydrogens (tertiary/aromatic N) is 2. The highest BCUT2D eigenvalue weighted by atomic mass is 19.1. The molecule has 0 aliphatic carbocycles. The van der Waals surface area contributed by atoms with Crippen LogP contribution in [0.2, 0.25) is 0 Å². The summed E-state index contributed by atoms with van der Waals surface area (Å²) in [4.78, 5) is 17.2. The first-order valence-corrected chi connectivity index (χ1v) is 7.66. The third-order valence-electron chi connectivity index (χ3n) is 4.00. The van der Waals surface area contributed by atoms with Crippen LogP contribution >= 0.6 is 0 Å². The van der Waals surface area contributed by atoms with Crippen LogP contribution < -0.4 is 5.32 Å². The lowest BCUT2D eigenvalue weighted by Gasteiger charge is -2.26. The second kappa shape index (κ2) is 5.74. The van der Waals surface area contributed by atoms with Crippen molar-refractivity contribution >= 4 is 11.6 Å². The normalized spacial score (nSPS) is 12.9. The number of benzene rings is 1. The number of halogens is 1. The molecule has 1 amide bonds. The van der Waals surface area contributed by atoms with Gasteiger partial charge in [-0.1, -0.05) is 12.1 Å². The number of fused-ring (bicyclic) bond motifs is 1. The zero-order valence-corrected chi connectivity index (χ0v) is 14.1. The van der Waals surface area contributed by atoms with Crippen LogP contribution in [0, 0.1) is 19.7 Å². The van der Waals surface area contributed by atoms with E-state index in [-0.39, 0.29) is 29.5 Å². The van der Waals surface area contributed by atoms with Crippen molar-refractivity contribution in [2.45, 2.75) is 33.2 Å². The summed E-state index contributed by atoms with van der Waals surface area (Å²) < 4.78 is 30.8. The van der Waals surface area contributed by atoms with E-state index in [0.717, 1.165) is 5.56 Å². The van der Waals surface area contributed by atoms with Crippen molar-refractivity contribution in [3.8, 4) is 0 Å². The Labute approximate surface area is 143 Å². The van der Waals surface area contributed by atoms with Crippen LogP contribution in [0.25, 0.3) is 5.65 Å². The summed E-state index contributed by atoms with van der Waals surface area (Å²) >= 11 is 0. The third kappa shape index (κ3) is 2.89. The van der Waals surface area contributed by atoms with Crippen LogP contribution in [-0.4, -0.2) is 15.3 Å². The minimum atomic E-state index is -0.735. The van der Waals surface area contributed by atoms with Crippen molar-refractivity contribution in [1.29, 1.82) is 0 Å². The predicted molar refractivity (Wildman–Crippen MR) is 91.6 cm³/mol. The first-order chi connectivity index (χ1) is 12.1. The van der Waals surface area contributed by atoms with Gasteiger partial charge in [-0.25, -0.2) is 9.37 Å². The Morgan fingerprint density at radius 2 is 1.92 bits per heavy atom. The van der Waals surface area contributed by atoms with Gasteiger partial charge < -0.3 is 9.72 Å². The Morgan fingerprint density at radius 3 is 2.58 bits per heavy atom. The molecule has 5 heteroatoms. The molecule has 0 spiro atoms. The molecule has 2 heterocycles. The highest BCUT2D eigenvalue weighted by molar-refractivity contribution is 6.00. The fraction of sp³-hybridized carbons (Fsp3) is 0.263. The summed E-state index contributed by atoms with van der Waals surface area (Å²) in [5.74, 6) is -0.714. The molecule has 124 valence electrons. The quantitative estimate of drug-likeness (QED) is 0.796. The van der Waals surface area contributed by atoms with E-state index in [1.165, 1.54) is 22.6 Å². The van der Waals surface area contributed by atoms with Gasteiger partial charge in [0.2, 0.25) is 0 Å². The van der Waals surface area contributed by atoms with Crippen molar-refractivity contribution in [3.63, 3.8) is 0 Å². The molecule has 2 aromatic heterocycles. The van der Waals surface area contributed by atoms with Crippen molar-refractivity contribution in [2.24, 2.45) is 0 Å². The smallest absolute Gasteiger partial charge is 0.255 e. The Bertz CT molecular complexity index is 1010. The van der Waals surface area contributed by atoms with E-state index >= 15 is 0 Å². The molecular weight excluding hydrogens is 305 g/mol. The number of carbonyl (C=O) groups excluding carboxylic acids is 1. The molecule has 0 aliphatic heterocycles. The monoisotopic (exact) mass is 327 g/mol. The maximum Gasteiger partial charge on any atom is 0.255 e. The number of rotatable bonds is 3. The van der Waals surface area contributed by atoms with Crippen molar-refractivity contribution < 1.29 is 11.9 Å². The number of carbonyl (C=O) groups is 1. The van der Waals surface area contributed by atoms with E-state index < -0.39 is 5.54 Å². The predicted octanol–water partition coefficient (Wildman–Crippen LogP) is 3.76. The third-order valence-corrected chi connectivity index (χ3v) is 4.00. The second-order valence-electron chi connectivity index (χ2n) is 6.34. The maximum absolute atomic E-state index is 13.2. The molecule has 4 nitrogen and oxygen atoms in total. The van der Waals surface area contributed by atoms with Crippen LogP contribution in [0.1, 0.15) is 43.9 Å². The van der Waals surface area contributed by atoms with Gasteiger partial charge in [0.25, 0.3) is 5.91 Å². The highest BCUT2D eigenvalue weighted by Gasteiger charge is 2.25. The largest absolute Gasteiger partial charge is 0.343 e. The zero-order chi connectivity index (χ0) is 19.2. The molecule has 0 aliphatic rings. The lowest BCUT2D eigenvalue weighted by molar-refractivity contribution is 0.0913. The topological polar surface area (TPSA) is 46.4 Å². The Balaban J connectivity index is 2.02. The molecular formula is C19H20FN3O. The van der Waals surface area contributed by atoms with Gasteiger partial charge in [0.15, 0.2) is 0 Å². The van der Waals surface area contributed by atoms with Gasteiger partial charge in [0.05, 0.1) is 13.8 Å². The summed E-state index contributed by atoms with van der Waals surface area (Å²) in [5.41, 5.74) is 1.72. The van der Waals surface area contributed by atoms with Gasteiger partial charge in [0.1, 0.15) is 11.5 Å². The van der Waals surface area contributed by atoms with Crippen LogP contribution in [0.15, 0.2) is 42.5 Å². The standard InChI is InChI=1S/C19H20FN3O/c1-12-11-13(2)23-10-9-16(17(23)21-12)18(24)22-19(3,4)14-5-7-15(20)8-6-14/h5-11H,1-4H3,(H,22,24)/i10D,11D. The number of nitrogens with one attached hydrogen (secondary N) is 1. The molecule has 1 N–H and O–H groups in total. The number of hydrogen-bond donors (Lipinski definition) is 1. The summed E-state index contributed by atoms with van der Waals surface area (Å²) in [5, 5.41) is 2.92. The van der Waals surface area contributed by atoms with Crippen LogP contribution in [0.3, 0.4) is 0 Å². The van der Waals surface area contributed by atoms with Crippen LogP contribution in [-0.2, 0) is 5.54 Å². The van der Waals surface area contributed by atoms with Gasteiger partial charge in [-0.15, -0.1) is 0 Å². The minimum absolute atomic E-state index is 0.100.